The van der Waals surface area contributed by atoms with Gasteiger partial charge in [0, 0.05) is 19.0 Å². The average molecular weight is 274 g/mol. The van der Waals surface area contributed by atoms with Gasteiger partial charge in [-0.1, -0.05) is 16.8 Å². The minimum absolute atomic E-state index is 0.154. The first kappa shape index (κ1) is 14.2. The minimum Gasteiger partial charge on any atom is -0.495 e. The highest BCUT2D eigenvalue weighted by molar-refractivity contribution is 6.32. The molecule has 0 unspecified atom stereocenters. The smallest absolute Gasteiger partial charge is 0.145 e. The highest BCUT2D eigenvalue weighted by Gasteiger charge is 2.09. The zero-order chi connectivity index (χ0) is 13.5. The Bertz CT molecular complexity index is 438. The number of methoxy groups -OCH3 is 2. The molecule has 0 amide bonds. The first-order valence-corrected chi connectivity index (χ1v) is 5.62. The third kappa shape index (κ3) is 3.59. The average Bonchev–Trinajstić information content (AvgIpc) is 2.38. The molecule has 4 N–H and O–H groups in total. The van der Waals surface area contributed by atoms with E-state index >= 15 is 0 Å². The Kier molecular flexibility index (Phi) is 5.38. The topological polar surface area (TPSA) is 89.1 Å². The van der Waals surface area contributed by atoms with Crippen LogP contribution in [-0.2, 0) is 0 Å². The van der Waals surface area contributed by atoms with E-state index in [1.165, 1.54) is 7.11 Å². The SMILES string of the molecule is COc1cc(OC)c(NCCC(N)=NO)cc1Cl. The van der Waals surface area contributed by atoms with Crippen LogP contribution < -0.4 is 20.5 Å². The monoisotopic (exact) mass is 273 g/mol. The summed E-state index contributed by atoms with van der Waals surface area (Å²) in [5, 5.41) is 14.9. The van der Waals surface area contributed by atoms with Gasteiger partial charge in [0.2, 0.25) is 0 Å². The Balaban J connectivity index is 2.78. The van der Waals surface area contributed by atoms with Crippen LogP contribution in [0.5, 0.6) is 11.5 Å². The van der Waals surface area contributed by atoms with Gasteiger partial charge >= 0.3 is 0 Å². The molecule has 0 fully saturated rings. The van der Waals surface area contributed by atoms with Crippen LogP contribution in [0.4, 0.5) is 5.69 Å². The van der Waals surface area contributed by atoms with E-state index < -0.39 is 0 Å². The van der Waals surface area contributed by atoms with E-state index in [1.54, 1.807) is 19.2 Å². The molecule has 0 spiro atoms. The van der Waals surface area contributed by atoms with Crippen LogP contribution in [0.15, 0.2) is 17.3 Å². The number of amidine groups is 1. The van der Waals surface area contributed by atoms with Crippen LogP contribution in [0.2, 0.25) is 5.02 Å². The number of hydrogen-bond donors (Lipinski definition) is 3. The molecule has 0 saturated carbocycles. The number of nitrogens with two attached hydrogens (primary N) is 1. The summed E-state index contributed by atoms with van der Waals surface area (Å²) in [6, 6.07) is 3.39. The largest absolute Gasteiger partial charge is 0.495 e. The number of oxime groups is 1. The maximum absolute atomic E-state index is 8.42. The molecule has 0 bridgehead atoms. The van der Waals surface area contributed by atoms with Gasteiger partial charge in [0.15, 0.2) is 0 Å². The summed E-state index contributed by atoms with van der Waals surface area (Å²) < 4.78 is 10.3. The number of anilines is 1. The molecule has 1 aromatic carbocycles. The zero-order valence-electron chi connectivity index (χ0n) is 10.2. The molecule has 0 heterocycles. The van der Waals surface area contributed by atoms with Crippen molar-refractivity contribution in [2.45, 2.75) is 6.42 Å². The van der Waals surface area contributed by atoms with Gasteiger partial charge in [-0.3, -0.25) is 0 Å². The lowest BCUT2D eigenvalue weighted by Gasteiger charge is -2.13. The van der Waals surface area contributed by atoms with Gasteiger partial charge < -0.3 is 25.7 Å². The van der Waals surface area contributed by atoms with Gasteiger partial charge in [0.1, 0.15) is 17.3 Å². The lowest BCUT2D eigenvalue weighted by molar-refractivity contribution is 0.317. The number of hydrogen-bond acceptors (Lipinski definition) is 5. The second-order valence-electron chi connectivity index (χ2n) is 3.46. The first-order valence-electron chi connectivity index (χ1n) is 5.24. The highest BCUT2D eigenvalue weighted by Crippen LogP contribution is 2.35. The Hall–Kier alpha value is -1.82. The summed E-state index contributed by atoms with van der Waals surface area (Å²) >= 11 is 6.02. The fourth-order valence-corrected chi connectivity index (χ4v) is 1.61. The zero-order valence-corrected chi connectivity index (χ0v) is 11.0. The van der Waals surface area contributed by atoms with E-state index in [2.05, 4.69) is 10.5 Å². The predicted octanol–water partition coefficient (Wildman–Crippen LogP) is 1.91. The van der Waals surface area contributed by atoms with Crippen molar-refractivity contribution in [3.63, 3.8) is 0 Å². The Labute approximate surface area is 110 Å². The fourth-order valence-electron chi connectivity index (χ4n) is 1.37. The van der Waals surface area contributed by atoms with E-state index in [-0.39, 0.29) is 5.84 Å². The van der Waals surface area contributed by atoms with Crippen LogP contribution in [0, 0.1) is 0 Å². The number of rotatable bonds is 6. The molecule has 0 aromatic heterocycles. The number of benzene rings is 1. The molecule has 1 rings (SSSR count). The standard InChI is InChI=1S/C11H16ClN3O3/c1-17-9-6-10(18-2)8(5-7(9)12)14-4-3-11(13)15-16/h5-6,14,16H,3-4H2,1-2H3,(H2,13,15). The Morgan fingerprint density at radius 3 is 2.61 bits per heavy atom. The molecule has 7 heteroatoms. The van der Waals surface area contributed by atoms with Gasteiger partial charge in [0.05, 0.1) is 24.9 Å². The maximum Gasteiger partial charge on any atom is 0.145 e. The van der Waals surface area contributed by atoms with E-state index in [1.807, 2.05) is 0 Å². The lowest BCUT2D eigenvalue weighted by atomic mass is 10.2. The quantitative estimate of drug-likeness (QED) is 0.319. The molecule has 1 aromatic rings. The molecule has 0 aliphatic rings. The normalized spacial score (nSPS) is 11.2. The van der Waals surface area contributed by atoms with Gasteiger partial charge in [-0.25, -0.2) is 0 Å². The summed E-state index contributed by atoms with van der Waals surface area (Å²) in [5.74, 6) is 1.30. The summed E-state index contributed by atoms with van der Waals surface area (Å²) in [6.07, 6.45) is 0.406. The van der Waals surface area contributed by atoms with Crippen LogP contribution in [0.1, 0.15) is 6.42 Å². The molecule has 0 aliphatic heterocycles. The predicted molar refractivity (Wildman–Crippen MR) is 71.1 cm³/mol. The number of nitrogens with one attached hydrogen (secondary N) is 1. The third-order valence-electron chi connectivity index (χ3n) is 2.30. The minimum atomic E-state index is 0.154. The van der Waals surface area contributed by atoms with Gasteiger partial charge in [0.25, 0.3) is 0 Å². The van der Waals surface area contributed by atoms with Crippen LogP contribution in [-0.4, -0.2) is 31.8 Å². The van der Waals surface area contributed by atoms with Crippen molar-refractivity contribution in [1.82, 2.24) is 0 Å². The van der Waals surface area contributed by atoms with Crippen molar-refractivity contribution in [2.75, 3.05) is 26.1 Å². The summed E-state index contributed by atoms with van der Waals surface area (Å²) in [6.45, 7) is 0.495. The molecule has 6 nitrogen and oxygen atoms in total. The first-order chi connectivity index (χ1) is 8.62. The maximum atomic E-state index is 8.42. The molecule has 0 aliphatic carbocycles. The number of ether oxygens (including phenoxy) is 2. The number of nitrogens with zero attached hydrogens (tertiary/aromatic N) is 1. The van der Waals surface area contributed by atoms with Crippen LogP contribution >= 0.6 is 11.6 Å². The fraction of sp³-hybridized carbons (Fsp3) is 0.364. The van der Waals surface area contributed by atoms with E-state index in [4.69, 9.17) is 32.0 Å². The van der Waals surface area contributed by atoms with Gasteiger partial charge in [-0.2, -0.15) is 0 Å². The van der Waals surface area contributed by atoms with Crippen molar-refractivity contribution in [2.24, 2.45) is 10.9 Å². The second kappa shape index (κ2) is 6.80. The molecule has 18 heavy (non-hydrogen) atoms. The molecule has 0 atom stereocenters. The van der Waals surface area contributed by atoms with E-state index in [9.17, 15) is 0 Å². The summed E-state index contributed by atoms with van der Waals surface area (Å²) in [4.78, 5) is 0. The second-order valence-corrected chi connectivity index (χ2v) is 3.86. The molecule has 0 radical (unpaired) electrons. The molecule has 0 saturated heterocycles. The van der Waals surface area contributed by atoms with Crippen molar-refractivity contribution >= 4 is 23.1 Å². The Morgan fingerprint density at radius 2 is 2.06 bits per heavy atom. The lowest BCUT2D eigenvalue weighted by Crippen LogP contribution is -2.16. The third-order valence-corrected chi connectivity index (χ3v) is 2.59. The van der Waals surface area contributed by atoms with Crippen molar-refractivity contribution < 1.29 is 14.7 Å². The molecular formula is C11H16ClN3O3. The summed E-state index contributed by atoms with van der Waals surface area (Å²) in [5.41, 5.74) is 6.08. The molecular weight excluding hydrogens is 258 g/mol. The van der Waals surface area contributed by atoms with Gasteiger partial charge in [-0.15, -0.1) is 0 Å². The van der Waals surface area contributed by atoms with Crippen molar-refractivity contribution in [3.8, 4) is 11.5 Å². The summed E-state index contributed by atoms with van der Waals surface area (Å²) in [7, 11) is 3.09. The van der Waals surface area contributed by atoms with E-state index in [0.29, 0.717) is 35.2 Å². The highest BCUT2D eigenvalue weighted by atomic mass is 35.5. The van der Waals surface area contributed by atoms with Crippen molar-refractivity contribution in [1.29, 1.82) is 0 Å². The van der Waals surface area contributed by atoms with Crippen LogP contribution in [0.25, 0.3) is 0 Å². The molecule has 100 valence electrons. The van der Waals surface area contributed by atoms with Gasteiger partial charge in [-0.05, 0) is 6.07 Å². The van der Waals surface area contributed by atoms with Crippen LogP contribution in [0.3, 0.4) is 0 Å². The van der Waals surface area contributed by atoms with E-state index in [0.717, 1.165) is 0 Å². The Morgan fingerprint density at radius 1 is 1.39 bits per heavy atom. The number of halogens is 1. The van der Waals surface area contributed by atoms with Crippen molar-refractivity contribution in [3.05, 3.63) is 17.2 Å².